The average Bonchev–Trinajstić information content (AvgIpc) is 3.17. The lowest BCUT2D eigenvalue weighted by Crippen LogP contribution is -2.41. The van der Waals surface area contributed by atoms with E-state index in [1.54, 1.807) is 6.20 Å². The Hall–Kier alpha value is -2.11. The van der Waals surface area contributed by atoms with Gasteiger partial charge in [0, 0.05) is 25.2 Å². The summed E-state index contributed by atoms with van der Waals surface area (Å²) in [7, 11) is 0. The summed E-state index contributed by atoms with van der Waals surface area (Å²) >= 11 is 0. The minimum absolute atomic E-state index is 0.0590. The van der Waals surface area contributed by atoms with Crippen LogP contribution in [0.15, 0.2) is 18.3 Å². The Morgan fingerprint density at radius 3 is 2.91 bits per heavy atom. The summed E-state index contributed by atoms with van der Waals surface area (Å²) in [5.41, 5.74) is 0.945. The third-order valence-corrected chi connectivity index (χ3v) is 4.17. The fraction of sp³-hybridized carbons (Fsp3) is 0.562. The van der Waals surface area contributed by atoms with Crippen molar-refractivity contribution in [2.75, 3.05) is 0 Å². The number of pyridine rings is 1. The molecule has 1 saturated heterocycles. The number of nitrogens with one attached hydrogen (secondary N) is 2. The molecule has 0 aromatic carbocycles. The molecule has 118 valence electrons. The first-order valence-electron chi connectivity index (χ1n) is 7.89. The van der Waals surface area contributed by atoms with Gasteiger partial charge in [-0.05, 0) is 43.7 Å². The van der Waals surface area contributed by atoms with E-state index in [0.717, 1.165) is 18.4 Å². The van der Waals surface area contributed by atoms with Crippen molar-refractivity contribution in [3.05, 3.63) is 23.9 Å². The lowest BCUT2D eigenvalue weighted by atomic mass is 10.2. The number of nitrogens with zero attached hydrogens (tertiary/aromatic N) is 1. The predicted molar refractivity (Wildman–Crippen MR) is 80.1 cm³/mol. The van der Waals surface area contributed by atoms with E-state index in [2.05, 4.69) is 15.6 Å². The highest BCUT2D eigenvalue weighted by Gasteiger charge is 2.26. The monoisotopic (exact) mass is 303 g/mol. The first-order chi connectivity index (χ1) is 10.7. The van der Waals surface area contributed by atoms with E-state index in [1.165, 1.54) is 12.8 Å². The van der Waals surface area contributed by atoms with Gasteiger partial charge in [0.05, 0.1) is 0 Å². The quantitative estimate of drug-likeness (QED) is 0.859. The predicted octanol–water partition coefficient (Wildman–Crippen LogP) is 1.30. The zero-order valence-electron chi connectivity index (χ0n) is 12.5. The lowest BCUT2D eigenvalue weighted by molar-refractivity contribution is -0.125. The molecule has 2 N–H and O–H groups in total. The average molecular weight is 303 g/mol. The van der Waals surface area contributed by atoms with E-state index >= 15 is 0 Å². The van der Waals surface area contributed by atoms with Crippen LogP contribution in [-0.4, -0.2) is 28.9 Å². The maximum absolute atomic E-state index is 12.0. The van der Waals surface area contributed by atoms with Crippen molar-refractivity contribution in [2.24, 2.45) is 0 Å². The van der Waals surface area contributed by atoms with Gasteiger partial charge in [-0.2, -0.15) is 0 Å². The molecule has 2 fully saturated rings. The van der Waals surface area contributed by atoms with E-state index in [-0.39, 0.29) is 17.9 Å². The second-order valence-corrected chi connectivity index (χ2v) is 5.90. The summed E-state index contributed by atoms with van der Waals surface area (Å²) in [6.07, 6.45) is 7.56. The molecule has 0 unspecified atom stereocenters. The van der Waals surface area contributed by atoms with Crippen molar-refractivity contribution in [3.8, 4) is 5.88 Å². The summed E-state index contributed by atoms with van der Waals surface area (Å²) in [5.74, 6) is 0.421. The van der Waals surface area contributed by atoms with Crippen LogP contribution in [0.1, 0.15) is 44.1 Å². The molecule has 6 heteroatoms. The fourth-order valence-electron chi connectivity index (χ4n) is 2.92. The molecule has 1 saturated carbocycles. The number of hydrogen-bond donors (Lipinski definition) is 2. The second-order valence-electron chi connectivity index (χ2n) is 5.90. The Labute approximate surface area is 129 Å². The number of ether oxygens (including phenoxy) is 1. The van der Waals surface area contributed by atoms with Gasteiger partial charge in [-0.3, -0.25) is 9.59 Å². The Balaban J connectivity index is 1.51. The molecule has 0 spiro atoms. The van der Waals surface area contributed by atoms with Crippen molar-refractivity contribution in [2.45, 2.75) is 57.2 Å². The van der Waals surface area contributed by atoms with Crippen molar-refractivity contribution in [3.63, 3.8) is 0 Å². The molecule has 1 aliphatic carbocycles. The van der Waals surface area contributed by atoms with Crippen LogP contribution in [0.25, 0.3) is 0 Å². The smallest absolute Gasteiger partial charge is 0.242 e. The van der Waals surface area contributed by atoms with Crippen LogP contribution in [0, 0.1) is 0 Å². The highest BCUT2D eigenvalue weighted by atomic mass is 16.5. The maximum atomic E-state index is 12.0. The van der Waals surface area contributed by atoms with Crippen LogP contribution >= 0.6 is 0 Å². The van der Waals surface area contributed by atoms with Gasteiger partial charge in [0.15, 0.2) is 0 Å². The molecule has 6 nitrogen and oxygen atoms in total. The van der Waals surface area contributed by atoms with Gasteiger partial charge in [0.1, 0.15) is 12.1 Å². The molecule has 0 radical (unpaired) electrons. The van der Waals surface area contributed by atoms with Gasteiger partial charge in [0.2, 0.25) is 17.7 Å². The van der Waals surface area contributed by atoms with Crippen molar-refractivity contribution >= 4 is 11.8 Å². The van der Waals surface area contributed by atoms with Gasteiger partial charge in [-0.25, -0.2) is 4.98 Å². The first-order valence-corrected chi connectivity index (χ1v) is 7.89. The van der Waals surface area contributed by atoms with E-state index in [0.29, 0.717) is 25.3 Å². The topological polar surface area (TPSA) is 80.3 Å². The molecule has 1 aliphatic heterocycles. The lowest BCUT2D eigenvalue weighted by Gasteiger charge is -2.14. The highest BCUT2D eigenvalue weighted by Crippen LogP contribution is 2.23. The minimum atomic E-state index is -0.399. The number of carbonyl (C=O) groups excluding carboxylic acids is 2. The molecule has 1 atom stereocenters. The zero-order chi connectivity index (χ0) is 15.4. The summed E-state index contributed by atoms with van der Waals surface area (Å²) in [6, 6.07) is 3.32. The SMILES string of the molecule is O=C1CC[C@@H](C(=O)NCc2ccnc(OC3CCCC3)c2)N1. The van der Waals surface area contributed by atoms with E-state index in [9.17, 15) is 9.59 Å². The number of amides is 2. The largest absolute Gasteiger partial charge is 0.474 e. The van der Waals surface area contributed by atoms with Crippen LogP contribution in [0.4, 0.5) is 0 Å². The number of rotatable bonds is 5. The number of carbonyl (C=O) groups is 2. The molecule has 2 heterocycles. The third kappa shape index (κ3) is 3.75. The standard InChI is InChI=1S/C16H21N3O3/c20-14-6-5-13(19-14)16(21)18-10-11-7-8-17-15(9-11)22-12-3-1-2-4-12/h7-9,12-13H,1-6,10H2,(H,18,21)(H,19,20)/t13-/m0/s1. The normalized spacial score (nSPS) is 21.6. The summed E-state index contributed by atoms with van der Waals surface area (Å²) in [6.45, 7) is 0.411. The maximum Gasteiger partial charge on any atom is 0.242 e. The molecule has 22 heavy (non-hydrogen) atoms. The van der Waals surface area contributed by atoms with Gasteiger partial charge in [-0.1, -0.05) is 0 Å². The van der Waals surface area contributed by atoms with Crippen LogP contribution in [0.5, 0.6) is 5.88 Å². The van der Waals surface area contributed by atoms with Crippen LogP contribution in [0.3, 0.4) is 0 Å². The Kier molecular flexibility index (Phi) is 4.56. The van der Waals surface area contributed by atoms with E-state index < -0.39 is 6.04 Å². The third-order valence-electron chi connectivity index (χ3n) is 4.17. The molecular formula is C16H21N3O3. The summed E-state index contributed by atoms with van der Waals surface area (Å²) in [4.78, 5) is 27.3. The Bertz CT molecular complexity index is 555. The van der Waals surface area contributed by atoms with Gasteiger partial charge >= 0.3 is 0 Å². The fourth-order valence-corrected chi connectivity index (χ4v) is 2.92. The molecule has 2 amide bonds. The molecule has 3 rings (SSSR count). The summed E-state index contributed by atoms with van der Waals surface area (Å²) in [5, 5.41) is 5.51. The van der Waals surface area contributed by atoms with Gasteiger partial charge in [0.25, 0.3) is 0 Å². The van der Waals surface area contributed by atoms with Crippen molar-refractivity contribution in [1.82, 2.24) is 15.6 Å². The molecule has 0 bridgehead atoms. The second kappa shape index (κ2) is 6.77. The summed E-state index contributed by atoms with van der Waals surface area (Å²) < 4.78 is 5.86. The van der Waals surface area contributed by atoms with Gasteiger partial charge in [-0.15, -0.1) is 0 Å². The Morgan fingerprint density at radius 2 is 2.18 bits per heavy atom. The van der Waals surface area contributed by atoms with Crippen LogP contribution in [-0.2, 0) is 16.1 Å². The first kappa shape index (κ1) is 14.8. The van der Waals surface area contributed by atoms with Crippen molar-refractivity contribution in [1.29, 1.82) is 0 Å². The van der Waals surface area contributed by atoms with Gasteiger partial charge < -0.3 is 15.4 Å². The Morgan fingerprint density at radius 1 is 1.36 bits per heavy atom. The number of aromatic nitrogens is 1. The minimum Gasteiger partial charge on any atom is -0.474 e. The van der Waals surface area contributed by atoms with E-state index in [1.807, 2.05) is 12.1 Å². The van der Waals surface area contributed by atoms with Crippen molar-refractivity contribution < 1.29 is 14.3 Å². The molecule has 1 aromatic heterocycles. The van der Waals surface area contributed by atoms with Crippen LogP contribution in [0.2, 0.25) is 0 Å². The highest BCUT2D eigenvalue weighted by molar-refractivity contribution is 5.90. The molecule has 2 aliphatic rings. The number of hydrogen-bond acceptors (Lipinski definition) is 4. The van der Waals surface area contributed by atoms with E-state index in [4.69, 9.17) is 4.74 Å². The van der Waals surface area contributed by atoms with Crippen LogP contribution < -0.4 is 15.4 Å². The molecular weight excluding hydrogens is 282 g/mol. The zero-order valence-corrected chi connectivity index (χ0v) is 12.5. The molecule has 1 aromatic rings.